The van der Waals surface area contributed by atoms with Gasteiger partial charge in [-0.1, -0.05) is 12.1 Å². The molecule has 1 aromatic carbocycles. The molecule has 0 spiro atoms. The van der Waals surface area contributed by atoms with Gasteiger partial charge in [-0.25, -0.2) is 4.99 Å². The minimum atomic E-state index is -1.15. The number of benzene rings is 1. The smallest absolute Gasteiger partial charge is 0.307 e. The third-order valence-corrected chi connectivity index (χ3v) is 2.68. The van der Waals surface area contributed by atoms with Gasteiger partial charge in [0.25, 0.3) is 0 Å². The second-order valence-corrected chi connectivity index (χ2v) is 4.51. The average molecular weight is 307 g/mol. The first-order valence-electron chi connectivity index (χ1n) is 6.25. The molecule has 0 aliphatic heterocycles. The van der Waals surface area contributed by atoms with Crippen molar-refractivity contribution in [2.45, 2.75) is 12.8 Å². The highest BCUT2D eigenvalue weighted by Gasteiger charge is 2.21. The van der Waals surface area contributed by atoms with Gasteiger partial charge in [-0.05, 0) is 24.1 Å². The van der Waals surface area contributed by atoms with Crippen LogP contribution in [0.3, 0.4) is 0 Å². The van der Waals surface area contributed by atoms with E-state index >= 15 is 0 Å². The van der Waals surface area contributed by atoms with Gasteiger partial charge in [-0.15, -0.1) is 0 Å². The predicted octanol–water partition coefficient (Wildman–Crippen LogP) is -0.376. The Morgan fingerprint density at radius 1 is 1.09 bits per heavy atom. The lowest BCUT2D eigenvalue weighted by Crippen LogP contribution is -2.26. The normalized spacial score (nSPS) is 12.5. The third kappa shape index (κ3) is 5.90. The van der Waals surface area contributed by atoms with Crippen LogP contribution in [0, 0.1) is 5.92 Å². The molecule has 0 heterocycles. The van der Waals surface area contributed by atoms with E-state index in [-0.39, 0.29) is 18.3 Å². The van der Waals surface area contributed by atoms with Gasteiger partial charge in [0.05, 0.1) is 18.0 Å². The summed E-state index contributed by atoms with van der Waals surface area (Å²) in [6.45, 7) is 0. The summed E-state index contributed by atoms with van der Waals surface area (Å²) < 4.78 is 0. The van der Waals surface area contributed by atoms with Gasteiger partial charge in [0.2, 0.25) is 5.96 Å². The Morgan fingerprint density at radius 3 is 2.14 bits per heavy atom. The molecule has 8 N–H and O–H groups in total. The lowest BCUT2D eigenvalue weighted by Gasteiger charge is -2.09. The Morgan fingerprint density at radius 2 is 1.68 bits per heavy atom. The molecular weight excluding hydrogens is 290 g/mol. The van der Waals surface area contributed by atoms with Gasteiger partial charge in [0.15, 0.2) is 5.96 Å². The summed E-state index contributed by atoms with van der Waals surface area (Å²) in [4.78, 5) is 29.2. The summed E-state index contributed by atoms with van der Waals surface area (Å²) in [6.07, 6.45) is -0.332. The molecule has 0 bridgehead atoms. The van der Waals surface area contributed by atoms with Crippen LogP contribution in [0.15, 0.2) is 34.3 Å². The van der Waals surface area contributed by atoms with Gasteiger partial charge in [0.1, 0.15) is 0 Å². The maximum atomic E-state index is 11.0. The van der Waals surface area contributed by atoms with Crippen molar-refractivity contribution in [1.29, 1.82) is 0 Å². The summed E-state index contributed by atoms with van der Waals surface area (Å²) in [5.74, 6) is -3.61. The molecule has 22 heavy (non-hydrogen) atoms. The fourth-order valence-corrected chi connectivity index (χ4v) is 1.74. The Bertz CT molecular complexity index is 605. The number of carboxylic acids is 2. The van der Waals surface area contributed by atoms with E-state index in [0.29, 0.717) is 11.3 Å². The molecule has 0 amide bonds. The molecule has 1 unspecified atom stereocenters. The zero-order valence-corrected chi connectivity index (χ0v) is 11.6. The molecule has 1 atom stereocenters. The molecule has 0 saturated carbocycles. The van der Waals surface area contributed by atoms with E-state index in [1.165, 1.54) is 0 Å². The van der Waals surface area contributed by atoms with E-state index in [0.717, 1.165) is 0 Å². The average Bonchev–Trinajstić information content (AvgIpc) is 2.38. The standard InChI is InChI=1S/C13H17N5O4/c14-12(15)18-13(16)17-9-3-1-7(2-4-9)5-8(11(21)22)6-10(19)20/h1-4,8H,5-6H2,(H,19,20)(H,21,22)(H6,14,15,16,17,18). The maximum absolute atomic E-state index is 11.0. The summed E-state index contributed by atoms with van der Waals surface area (Å²) in [5, 5.41) is 17.7. The zero-order valence-electron chi connectivity index (χ0n) is 11.6. The van der Waals surface area contributed by atoms with Crippen LogP contribution < -0.4 is 17.2 Å². The second kappa shape index (κ2) is 7.62. The van der Waals surface area contributed by atoms with Gasteiger partial charge >= 0.3 is 11.9 Å². The van der Waals surface area contributed by atoms with Crippen LogP contribution in [0.4, 0.5) is 5.69 Å². The minimum absolute atomic E-state index is 0.106. The summed E-state index contributed by atoms with van der Waals surface area (Å²) in [6, 6.07) is 6.48. The van der Waals surface area contributed by atoms with Crippen molar-refractivity contribution in [3.63, 3.8) is 0 Å². The summed E-state index contributed by atoms with van der Waals surface area (Å²) in [7, 11) is 0. The number of guanidine groups is 2. The van der Waals surface area contributed by atoms with E-state index in [1.807, 2.05) is 0 Å². The lowest BCUT2D eigenvalue weighted by molar-refractivity contribution is -0.148. The van der Waals surface area contributed by atoms with Crippen molar-refractivity contribution in [2.24, 2.45) is 33.1 Å². The molecule has 9 heteroatoms. The minimum Gasteiger partial charge on any atom is -0.481 e. The molecule has 1 aromatic rings. The molecule has 0 radical (unpaired) electrons. The molecule has 0 fully saturated rings. The van der Waals surface area contributed by atoms with Gasteiger partial charge in [-0.3, -0.25) is 9.59 Å². The van der Waals surface area contributed by atoms with E-state index < -0.39 is 24.3 Å². The number of rotatable bonds is 6. The predicted molar refractivity (Wildman–Crippen MR) is 80.6 cm³/mol. The highest BCUT2D eigenvalue weighted by atomic mass is 16.4. The van der Waals surface area contributed by atoms with Crippen LogP contribution in [-0.4, -0.2) is 34.1 Å². The van der Waals surface area contributed by atoms with Gasteiger partial charge < -0.3 is 27.4 Å². The summed E-state index contributed by atoms with van der Waals surface area (Å²) in [5.41, 5.74) is 17.0. The van der Waals surface area contributed by atoms with Crippen molar-refractivity contribution in [1.82, 2.24) is 0 Å². The van der Waals surface area contributed by atoms with Crippen molar-refractivity contribution < 1.29 is 19.8 Å². The number of carbonyl (C=O) groups is 2. The first-order chi connectivity index (χ1) is 10.3. The van der Waals surface area contributed by atoms with E-state index in [4.69, 9.17) is 27.4 Å². The van der Waals surface area contributed by atoms with Crippen molar-refractivity contribution in [3.8, 4) is 0 Å². The fourth-order valence-electron chi connectivity index (χ4n) is 1.74. The maximum Gasteiger partial charge on any atom is 0.307 e. The van der Waals surface area contributed by atoms with Crippen LogP contribution in [0.5, 0.6) is 0 Å². The largest absolute Gasteiger partial charge is 0.481 e. The molecule has 0 aromatic heterocycles. The zero-order chi connectivity index (χ0) is 16.7. The number of aliphatic carboxylic acids is 2. The van der Waals surface area contributed by atoms with Crippen molar-refractivity contribution in [2.75, 3.05) is 0 Å². The summed E-state index contributed by atoms with van der Waals surface area (Å²) >= 11 is 0. The van der Waals surface area contributed by atoms with Crippen LogP contribution in [-0.2, 0) is 16.0 Å². The molecule has 0 aliphatic rings. The third-order valence-electron chi connectivity index (χ3n) is 2.68. The van der Waals surface area contributed by atoms with Crippen LogP contribution in [0.2, 0.25) is 0 Å². The highest BCUT2D eigenvalue weighted by Crippen LogP contribution is 2.17. The van der Waals surface area contributed by atoms with Crippen molar-refractivity contribution in [3.05, 3.63) is 29.8 Å². The van der Waals surface area contributed by atoms with Gasteiger partial charge in [-0.2, -0.15) is 4.99 Å². The van der Waals surface area contributed by atoms with Crippen molar-refractivity contribution >= 4 is 29.5 Å². The first-order valence-corrected chi connectivity index (χ1v) is 6.25. The first kappa shape index (κ1) is 17.0. The molecule has 0 aliphatic carbocycles. The van der Waals surface area contributed by atoms with Crippen LogP contribution in [0.1, 0.15) is 12.0 Å². The molecule has 0 saturated heterocycles. The molecule has 9 nitrogen and oxygen atoms in total. The SMILES string of the molecule is NC(N)=NC(N)=Nc1ccc(CC(CC(=O)O)C(=O)O)cc1. The fraction of sp³-hybridized carbons (Fsp3) is 0.231. The number of hydrogen-bond acceptors (Lipinski definition) is 3. The number of nitrogens with zero attached hydrogens (tertiary/aromatic N) is 2. The Kier molecular flexibility index (Phi) is 5.87. The van der Waals surface area contributed by atoms with E-state index in [2.05, 4.69) is 9.98 Å². The Hall–Kier alpha value is -3.10. The second-order valence-electron chi connectivity index (χ2n) is 4.51. The number of carboxylic acid groups (broad SMARTS) is 2. The number of nitrogens with two attached hydrogens (primary N) is 3. The lowest BCUT2D eigenvalue weighted by atomic mass is 9.96. The van der Waals surface area contributed by atoms with E-state index in [9.17, 15) is 9.59 Å². The topological polar surface area (TPSA) is 177 Å². The van der Waals surface area contributed by atoms with Crippen LogP contribution >= 0.6 is 0 Å². The van der Waals surface area contributed by atoms with Crippen LogP contribution in [0.25, 0.3) is 0 Å². The van der Waals surface area contributed by atoms with E-state index in [1.54, 1.807) is 24.3 Å². The molecule has 118 valence electrons. The highest BCUT2D eigenvalue weighted by molar-refractivity contribution is 5.93. The molecule has 1 rings (SSSR count). The Labute approximate surface area is 126 Å². The molecular formula is C13H17N5O4. The Balaban J connectivity index is 2.82. The number of hydrogen-bond donors (Lipinski definition) is 5. The monoisotopic (exact) mass is 307 g/mol. The number of aliphatic imine (C=N–C) groups is 2. The quantitative estimate of drug-likeness (QED) is 0.351. The van der Waals surface area contributed by atoms with Gasteiger partial charge in [0, 0.05) is 0 Å².